The summed E-state index contributed by atoms with van der Waals surface area (Å²) >= 11 is 13.2. The first-order valence-corrected chi connectivity index (χ1v) is 40.3. The van der Waals surface area contributed by atoms with Gasteiger partial charge in [-0.25, -0.2) is 0 Å². The van der Waals surface area contributed by atoms with Crippen molar-refractivity contribution >= 4 is 146 Å². The van der Waals surface area contributed by atoms with E-state index in [4.69, 9.17) is 0 Å². The first kappa shape index (κ1) is 67.3. The van der Waals surface area contributed by atoms with Gasteiger partial charge in [0, 0.05) is 55.3 Å². The third-order valence-corrected chi connectivity index (χ3v) is 26.7. The zero-order valence-electron chi connectivity index (χ0n) is 53.8. The van der Waals surface area contributed by atoms with Gasteiger partial charge in [-0.15, -0.1) is 68.0 Å². The van der Waals surface area contributed by atoms with Crippen LogP contribution in [0.2, 0.25) is 0 Å². The summed E-state index contributed by atoms with van der Waals surface area (Å²) in [6, 6.07) is 33.4. The first-order chi connectivity index (χ1) is 44.4. The fourth-order valence-corrected chi connectivity index (χ4v) is 21.1. The lowest BCUT2D eigenvalue weighted by molar-refractivity contribution is -0.116. The number of amides is 4. The quantitative estimate of drug-likeness (QED) is 0.0308. The number of hydrogen-bond acceptors (Lipinski definition) is 12. The van der Waals surface area contributed by atoms with Gasteiger partial charge in [-0.3, -0.25) is 29.8 Å². The third-order valence-electron chi connectivity index (χ3n) is 17.9. The van der Waals surface area contributed by atoms with Crippen molar-refractivity contribution < 1.29 is 19.2 Å². The number of nitrogens with zero attached hydrogens (tertiary/aromatic N) is 1. The average molecular weight is 1360 g/mol. The van der Waals surface area contributed by atoms with Crippen LogP contribution in [0.4, 0.5) is 9.59 Å². The maximum absolute atomic E-state index is 12.5. The van der Waals surface area contributed by atoms with E-state index in [1.807, 2.05) is 57.5 Å². The largest absolute Gasteiger partial charge is 0.339 e. The molecule has 9 heterocycles. The van der Waals surface area contributed by atoms with Gasteiger partial charge >= 0.3 is 0 Å². The van der Waals surface area contributed by atoms with E-state index < -0.39 is 0 Å². The molecule has 15 heteroatoms. The second-order valence-corrected chi connectivity index (χ2v) is 33.2. The van der Waals surface area contributed by atoms with Crippen LogP contribution >= 0.6 is 91.5 Å². The number of fused-ring (bicyclic) bond motifs is 3. The highest BCUT2D eigenvalue weighted by molar-refractivity contribution is 8.18. The van der Waals surface area contributed by atoms with Crippen molar-refractivity contribution in [3.63, 3.8) is 0 Å². The van der Waals surface area contributed by atoms with Crippen LogP contribution in [0.3, 0.4) is 0 Å². The van der Waals surface area contributed by atoms with Crippen LogP contribution < -0.4 is 10.6 Å². The van der Waals surface area contributed by atoms with E-state index in [-0.39, 0.29) is 22.3 Å². The Morgan fingerprint density at radius 1 is 0.385 bits per heavy atom. The molecule has 9 aromatic rings. The van der Waals surface area contributed by atoms with Crippen molar-refractivity contribution in [3.8, 4) is 61.3 Å². The molecule has 2 saturated heterocycles. The second kappa shape index (κ2) is 32.4. The molecule has 0 aliphatic carbocycles. The predicted molar refractivity (Wildman–Crippen MR) is 402 cm³/mol. The Morgan fingerprint density at radius 2 is 0.736 bits per heavy atom. The molecule has 0 bridgehead atoms. The molecule has 0 radical (unpaired) electrons. The van der Waals surface area contributed by atoms with E-state index in [0.29, 0.717) is 15.7 Å². The number of rotatable bonds is 34. The SMILES string of the molecule is CCCCCCc1cc(-c2ccc(-c3cc4c(s3)c3sc(-c5ccc(-c6cc(CCCCCC)c(-c7ccc(/C=C8\SC(=O)NC8=O)s7)cc6CCCCCC)s5)cc3n4CC(CC)CCCC)s2)c(CCCCCC)cc1-c1ccc(/C=C2\SC(=O)NC2=O)s1. The van der Waals surface area contributed by atoms with E-state index in [1.54, 1.807) is 22.7 Å². The Bertz CT molecular complexity index is 3840. The zero-order valence-corrected chi connectivity index (χ0v) is 60.4. The molecule has 2 N–H and O–H groups in total. The minimum atomic E-state index is -0.314. The molecule has 11 rings (SSSR count). The lowest BCUT2D eigenvalue weighted by atomic mass is 9.91. The van der Waals surface area contributed by atoms with Gasteiger partial charge in [0.15, 0.2) is 0 Å². The number of thiophene rings is 6. The first-order valence-electron chi connectivity index (χ1n) is 33.7. The zero-order chi connectivity index (χ0) is 63.4. The lowest BCUT2D eigenvalue weighted by Gasteiger charge is -2.16. The van der Waals surface area contributed by atoms with Gasteiger partial charge in [-0.1, -0.05) is 138 Å². The van der Waals surface area contributed by atoms with E-state index in [0.717, 1.165) is 97.6 Å². The molecule has 0 saturated carbocycles. The van der Waals surface area contributed by atoms with E-state index >= 15 is 0 Å². The van der Waals surface area contributed by atoms with Crippen molar-refractivity contribution in [1.82, 2.24) is 15.2 Å². The highest BCUT2D eigenvalue weighted by Crippen LogP contribution is 2.51. The molecule has 1 unspecified atom stereocenters. The topological polar surface area (TPSA) is 97.3 Å². The smallest absolute Gasteiger partial charge is 0.290 e. The Labute approximate surface area is 572 Å². The molecule has 2 aromatic carbocycles. The van der Waals surface area contributed by atoms with Gasteiger partial charge in [0.25, 0.3) is 22.3 Å². The highest BCUT2D eigenvalue weighted by atomic mass is 32.2. The molecule has 2 aliphatic rings. The summed E-state index contributed by atoms with van der Waals surface area (Å²) in [7, 11) is 0. The van der Waals surface area contributed by atoms with Crippen molar-refractivity contribution in [1.29, 1.82) is 0 Å². The molecule has 4 amide bonds. The van der Waals surface area contributed by atoms with Crippen molar-refractivity contribution in [2.24, 2.45) is 5.92 Å². The lowest BCUT2D eigenvalue weighted by Crippen LogP contribution is -2.17. The standard InChI is InChI=1S/C76H87N3O4S8/c1-7-13-18-22-27-49-41-57(51(29-24-20-15-9-3)39-55(49)61-33-31-53(84-61)43-69-73(80)77-75(82)90-69)63-35-37-65(86-63)67-45-59-71(88-67)72-60(79(59)47-48(12-6)26-17-11-5)46-68(89-72)66-38-36-64(87-66)58-42-50(28-23-19-14-8-2)56(40-52(58)30-25-21-16-10-4)62-34-32-54(85-62)44-70-74(81)78-76(83)91-70/h31-46,48H,7-30,47H2,1-6H3,(H,77,80,82)(H,78,81,83)/b69-43-,70-44-. The molecule has 7 aromatic heterocycles. The highest BCUT2D eigenvalue weighted by Gasteiger charge is 2.28. The molecule has 2 fully saturated rings. The summed E-state index contributed by atoms with van der Waals surface area (Å²) in [5.41, 5.74) is 13.7. The number of aryl methyl sites for hydroxylation is 4. The number of carbonyl (C=O) groups excluding carboxylic acids is 4. The third kappa shape index (κ3) is 16.4. The Kier molecular flexibility index (Phi) is 23.9. The van der Waals surface area contributed by atoms with Crippen LogP contribution in [0, 0.1) is 5.92 Å². The number of benzene rings is 2. The van der Waals surface area contributed by atoms with E-state index in [1.165, 1.54) is 200 Å². The van der Waals surface area contributed by atoms with Gasteiger partial charge in [-0.2, -0.15) is 0 Å². The van der Waals surface area contributed by atoms with Crippen LogP contribution in [0.15, 0.2) is 94.7 Å². The Hall–Kier alpha value is -5.10. The van der Waals surface area contributed by atoms with Crippen LogP contribution in [0.1, 0.15) is 202 Å². The molecular weight excluding hydrogens is 1280 g/mol. The number of hydrogen-bond donors (Lipinski definition) is 2. The number of nitrogens with one attached hydrogen (secondary N) is 2. The van der Waals surface area contributed by atoms with Crippen LogP contribution in [-0.4, -0.2) is 26.9 Å². The van der Waals surface area contributed by atoms with E-state index in [2.05, 4.69) is 142 Å². The predicted octanol–water partition coefficient (Wildman–Crippen LogP) is 25.5. The monoisotopic (exact) mass is 1360 g/mol. The van der Waals surface area contributed by atoms with Crippen LogP contribution in [0.5, 0.6) is 0 Å². The molecule has 478 valence electrons. The maximum Gasteiger partial charge on any atom is 0.290 e. The van der Waals surface area contributed by atoms with Gasteiger partial charge in [0.2, 0.25) is 0 Å². The molecule has 91 heavy (non-hydrogen) atoms. The summed E-state index contributed by atoms with van der Waals surface area (Å²) in [4.78, 5) is 62.5. The fourth-order valence-electron chi connectivity index (χ4n) is 12.8. The van der Waals surface area contributed by atoms with Gasteiger partial charge < -0.3 is 4.57 Å². The number of unbranched alkanes of at least 4 members (excludes halogenated alkanes) is 13. The summed E-state index contributed by atoms with van der Waals surface area (Å²) in [6.07, 6.45) is 31.8. The summed E-state index contributed by atoms with van der Waals surface area (Å²) in [5, 5.41) is 4.21. The van der Waals surface area contributed by atoms with Crippen molar-refractivity contribution in [2.45, 2.75) is 202 Å². The molecule has 2 aliphatic heterocycles. The molecule has 7 nitrogen and oxygen atoms in total. The minimum absolute atomic E-state index is 0.311. The molecule has 0 spiro atoms. The number of thioether (sulfide) groups is 2. The maximum atomic E-state index is 12.5. The summed E-state index contributed by atoms with van der Waals surface area (Å²) in [6.45, 7) is 14.9. The van der Waals surface area contributed by atoms with E-state index in [9.17, 15) is 19.2 Å². The molecular formula is C76H87N3O4S8. The van der Waals surface area contributed by atoms with Crippen LogP contribution in [0.25, 0.3) is 93.9 Å². The minimum Gasteiger partial charge on any atom is -0.339 e. The van der Waals surface area contributed by atoms with Crippen molar-refractivity contribution in [2.75, 3.05) is 0 Å². The normalized spacial score (nSPS) is 14.9. The number of aromatic nitrogens is 1. The second-order valence-electron chi connectivity index (χ2n) is 24.7. The number of carbonyl (C=O) groups is 4. The Morgan fingerprint density at radius 3 is 1.08 bits per heavy atom. The van der Waals surface area contributed by atoms with Gasteiger partial charge in [0.05, 0.1) is 30.2 Å². The molecule has 1 atom stereocenters. The summed E-state index contributed by atoms with van der Waals surface area (Å²) in [5.74, 6) is -0.0273. The van der Waals surface area contributed by atoms with Crippen LogP contribution in [-0.2, 0) is 41.8 Å². The summed E-state index contributed by atoms with van der Waals surface area (Å²) < 4.78 is 5.51. The van der Waals surface area contributed by atoms with Crippen molar-refractivity contribution in [3.05, 3.63) is 127 Å². The van der Waals surface area contributed by atoms with Gasteiger partial charge in [0.1, 0.15) is 0 Å². The van der Waals surface area contributed by atoms with Gasteiger partial charge in [-0.05, 0) is 229 Å². The average Bonchev–Trinajstić information content (AvgIpc) is 1.58. The Balaban J connectivity index is 0.952. The number of imide groups is 2. The fraction of sp³-hybridized carbons (Fsp3) is 0.421.